The molecule has 0 radical (unpaired) electrons. The van der Waals surface area contributed by atoms with Crippen molar-refractivity contribution in [2.24, 2.45) is 0 Å². The second kappa shape index (κ2) is 8.74. The van der Waals surface area contributed by atoms with Gasteiger partial charge in [-0.25, -0.2) is 0 Å². The molecular weight excluding hydrogens is 345 g/mol. The van der Waals surface area contributed by atoms with Crippen LogP contribution in [0.2, 0.25) is 0 Å². The van der Waals surface area contributed by atoms with Gasteiger partial charge in [0.05, 0.1) is 19.3 Å². The first-order valence-corrected chi connectivity index (χ1v) is 8.25. The van der Waals surface area contributed by atoms with Crippen molar-refractivity contribution in [1.29, 1.82) is 0 Å². The first-order chi connectivity index (χ1) is 12.3. The third kappa shape index (κ3) is 5.79. The molecule has 0 aromatic heterocycles. The van der Waals surface area contributed by atoms with Crippen LogP contribution in [-0.2, 0) is 22.1 Å². The minimum Gasteiger partial charge on any atom is -0.497 e. The third-order valence-electron chi connectivity index (χ3n) is 4.08. The van der Waals surface area contributed by atoms with Gasteiger partial charge >= 0.3 is 12.1 Å². The van der Waals surface area contributed by atoms with Crippen LogP contribution in [0.5, 0.6) is 5.75 Å². The number of ether oxygens (including phenoxy) is 2. The van der Waals surface area contributed by atoms with E-state index in [4.69, 9.17) is 9.47 Å². The molecule has 0 aliphatic carbocycles. The highest BCUT2D eigenvalue weighted by atomic mass is 19.4. The molecule has 0 spiro atoms. The van der Waals surface area contributed by atoms with Gasteiger partial charge in [0, 0.05) is 12.3 Å². The monoisotopic (exact) mass is 366 g/mol. The molecule has 1 atom stereocenters. The van der Waals surface area contributed by atoms with Crippen molar-refractivity contribution >= 4 is 5.97 Å². The van der Waals surface area contributed by atoms with Crippen molar-refractivity contribution in [3.8, 4) is 5.75 Å². The summed E-state index contributed by atoms with van der Waals surface area (Å²) in [6.45, 7) is 2.20. The van der Waals surface area contributed by atoms with Gasteiger partial charge in [-0.1, -0.05) is 31.2 Å². The minimum absolute atomic E-state index is 0.0379. The van der Waals surface area contributed by atoms with Crippen LogP contribution in [0.3, 0.4) is 0 Å². The van der Waals surface area contributed by atoms with Crippen molar-refractivity contribution in [2.45, 2.75) is 31.9 Å². The normalized spacial score (nSPS) is 12.5. The molecule has 0 saturated carbocycles. The fourth-order valence-corrected chi connectivity index (χ4v) is 2.43. The zero-order chi connectivity index (χ0) is 19.2. The lowest BCUT2D eigenvalue weighted by Gasteiger charge is -2.13. The quantitative estimate of drug-likeness (QED) is 0.648. The van der Waals surface area contributed by atoms with Crippen LogP contribution in [-0.4, -0.2) is 19.7 Å². The van der Waals surface area contributed by atoms with Crippen molar-refractivity contribution in [3.63, 3.8) is 0 Å². The number of carbonyl (C=O) groups excluding carboxylic acids is 1. The van der Waals surface area contributed by atoms with Gasteiger partial charge in [-0.15, -0.1) is 0 Å². The SMILES string of the molecule is COc1ccc([C@H](C)COC(=O)CCc2ccc(C(F)(F)F)cc2)cc1. The maximum absolute atomic E-state index is 12.5. The van der Waals surface area contributed by atoms with E-state index >= 15 is 0 Å². The molecule has 2 aromatic rings. The van der Waals surface area contributed by atoms with Crippen LogP contribution >= 0.6 is 0 Å². The Kier molecular flexibility index (Phi) is 6.66. The number of aryl methyl sites for hydroxylation is 1. The molecule has 0 fully saturated rings. The Morgan fingerprint density at radius 2 is 1.65 bits per heavy atom. The molecule has 0 N–H and O–H groups in total. The summed E-state index contributed by atoms with van der Waals surface area (Å²) in [5.74, 6) is 0.427. The molecule has 6 heteroatoms. The first-order valence-electron chi connectivity index (χ1n) is 8.25. The maximum Gasteiger partial charge on any atom is 0.416 e. The number of alkyl halides is 3. The molecule has 0 saturated heterocycles. The van der Waals surface area contributed by atoms with Crippen LogP contribution in [0.15, 0.2) is 48.5 Å². The molecule has 0 amide bonds. The average Bonchev–Trinajstić information content (AvgIpc) is 2.64. The summed E-state index contributed by atoms with van der Waals surface area (Å²) < 4.78 is 47.9. The van der Waals surface area contributed by atoms with E-state index in [9.17, 15) is 18.0 Å². The van der Waals surface area contributed by atoms with E-state index in [2.05, 4.69) is 0 Å². The van der Waals surface area contributed by atoms with Gasteiger partial charge in [0.2, 0.25) is 0 Å². The Balaban J connectivity index is 1.77. The van der Waals surface area contributed by atoms with Crippen LogP contribution < -0.4 is 4.74 Å². The van der Waals surface area contributed by atoms with E-state index in [0.29, 0.717) is 12.0 Å². The number of benzene rings is 2. The highest BCUT2D eigenvalue weighted by Crippen LogP contribution is 2.29. The molecule has 0 unspecified atom stereocenters. The van der Waals surface area contributed by atoms with Crippen molar-refractivity contribution in [2.75, 3.05) is 13.7 Å². The van der Waals surface area contributed by atoms with Gasteiger partial charge in [0.25, 0.3) is 0 Å². The van der Waals surface area contributed by atoms with Crippen molar-refractivity contribution < 1.29 is 27.4 Å². The van der Waals surface area contributed by atoms with E-state index in [0.717, 1.165) is 23.4 Å². The zero-order valence-corrected chi connectivity index (χ0v) is 14.7. The largest absolute Gasteiger partial charge is 0.497 e. The summed E-state index contributed by atoms with van der Waals surface area (Å²) in [6, 6.07) is 12.3. The Labute approximate surface area is 150 Å². The van der Waals surface area contributed by atoms with Crippen LogP contribution in [0.25, 0.3) is 0 Å². The number of methoxy groups -OCH3 is 1. The molecule has 2 rings (SSSR count). The van der Waals surface area contributed by atoms with Crippen LogP contribution in [0.4, 0.5) is 13.2 Å². The van der Waals surface area contributed by atoms with E-state index in [1.165, 1.54) is 12.1 Å². The number of hydrogen-bond acceptors (Lipinski definition) is 3. The second-order valence-corrected chi connectivity index (χ2v) is 6.05. The van der Waals surface area contributed by atoms with Crippen LogP contribution in [0.1, 0.15) is 36.0 Å². The number of hydrogen-bond donors (Lipinski definition) is 0. The highest BCUT2D eigenvalue weighted by Gasteiger charge is 2.29. The molecule has 26 heavy (non-hydrogen) atoms. The van der Waals surface area contributed by atoms with E-state index in [1.807, 2.05) is 31.2 Å². The highest BCUT2D eigenvalue weighted by molar-refractivity contribution is 5.69. The predicted molar refractivity (Wildman–Crippen MR) is 92.1 cm³/mol. The van der Waals surface area contributed by atoms with E-state index < -0.39 is 11.7 Å². The molecular formula is C20H21F3O3. The number of rotatable bonds is 7. The summed E-state index contributed by atoms with van der Waals surface area (Å²) >= 11 is 0. The summed E-state index contributed by atoms with van der Waals surface area (Å²) in [6.07, 6.45) is -3.89. The lowest BCUT2D eigenvalue weighted by atomic mass is 10.0. The summed E-state index contributed by atoms with van der Waals surface area (Å²) in [4.78, 5) is 11.9. The van der Waals surface area contributed by atoms with Crippen LogP contribution in [0, 0.1) is 0 Å². The molecule has 0 heterocycles. The fourth-order valence-electron chi connectivity index (χ4n) is 2.43. The Hall–Kier alpha value is -2.50. The lowest BCUT2D eigenvalue weighted by Crippen LogP contribution is -2.11. The van der Waals surface area contributed by atoms with Gasteiger partial charge < -0.3 is 9.47 Å². The second-order valence-electron chi connectivity index (χ2n) is 6.05. The molecule has 0 bridgehead atoms. The van der Waals surface area contributed by atoms with Gasteiger partial charge in [0.15, 0.2) is 0 Å². The standard InChI is InChI=1S/C20H21F3O3/c1-14(16-6-10-18(25-2)11-7-16)13-26-19(24)12-5-15-3-8-17(9-4-15)20(21,22)23/h3-4,6-11,14H,5,12-13H2,1-2H3/t14-/m1/s1. The number of carbonyl (C=O) groups is 1. The van der Waals surface area contributed by atoms with Crippen molar-refractivity contribution in [1.82, 2.24) is 0 Å². The molecule has 2 aromatic carbocycles. The van der Waals surface area contributed by atoms with Gasteiger partial charge in [0.1, 0.15) is 5.75 Å². The Morgan fingerprint density at radius 1 is 1.04 bits per heavy atom. The summed E-state index contributed by atoms with van der Waals surface area (Å²) in [5, 5.41) is 0. The lowest BCUT2D eigenvalue weighted by molar-refractivity contribution is -0.144. The van der Waals surface area contributed by atoms with E-state index in [1.54, 1.807) is 7.11 Å². The molecule has 0 aliphatic heterocycles. The number of halogens is 3. The summed E-state index contributed by atoms with van der Waals surface area (Å²) in [7, 11) is 1.59. The first kappa shape index (κ1) is 19.8. The average molecular weight is 366 g/mol. The summed E-state index contributed by atoms with van der Waals surface area (Å²) in [5.41, 5.74) is 0.997. The molecule has 140 valence electrons. The van der Waals surface area contributed by atoms with Gasteiger partial charge in [-0.05, 0) is 41.8 Å². The topological polar surface area (TPSA) is 35.5 Å². The maximum atomic E-state index is 12.5. The van der Waals surface area contributed by atoms with E-state index in [-0.39, 0.29) is 24.9 Å². The minimum atomic E-state index is -4.35. The van der Waals surface area contributed by atoms with Crippen molar-refractivity contribution in [3.05, 3.63) is 65.2 Å². The van der Waals surface area contributed by atoms with Gasteiger partial charge in [-0.2, -0.15) is 13.2 Å². The number of esters is 1. The zero-order valence-electron chi connectivity index (χ0n) is 14.7. The predicted octanol–water partition coefficient (Wildman–Crippen LogP) is 4.99. The molecule has 0 aliphatic rings. The Bertz CT molecular complexity index is 707. The smallest absolute Gasteiger partial charge is 0.416 e. The van der Waals surface area contributed by atoms with Gasteiger partial charge in [-0.3, -0.25) is 4.79 Å². The third-order valence-corrected chi connectivity index (χ3v) is 4.08. The fraction of sp³-hybridized carbons (Fsp3) is 0.350. The Morgan fingerprint density at radius 3 is 2.19 bits per heavy atom. The molecule has 3 nitrogen and oxygen atoms in total.